The van der Waals surface area contributed by atoms with Crippen LogP contribution in [-0.4, -0.2) is 21.9 Å². The number of carbonyl (C=O) groups is 1. The van der Waals surface area contributed by atoms with Crippen LogP contribution in [0.3, 0.4) is 0 Å². The Morgan fingerprint density at radius 2 is 1.96 bits per heavy atom. The Morgan fingerprint density at radius 3 is 2.73 bits per heavy atom. The van der Waals surface area contributed by atoms with Crippen LogP contribution in [0.4, 0.5) is 16.5 Å². The molecule has 0 fully saturated rings. The molecule has 0 aliphatic heterocycles. The highest BCUT2D eigenvalue weighted by Crippen LogP contribution is 2.28. The summed E-state index contributed by atoms with van der Waals surface area (Å²) in [7, 11) is 0. The van der Waals surface area contributed by atoms with Gasteiger partial charge >= 0.3 is 0 Å². The van der Waals surface area contributed by atoms with Gasteiger partial charge in [0.1, 0.15) is 0 Å². The maximum Gasteiger partial charge on any atom is 0.234 e. The van der Waals surface area contributed by atoms with Crippen LogP contribution in [0.15, 0.2) is 51.3 Å². The SMILES string of the molecule is Cc1cccc(Nc2nnc(SCC(=O)Nc3ccc(C)cc3Br)s2)c1. The number of aromatic nitrogens is 2. The number of hydrogen-bond acceptors (Lipinski definition) is 6. The molecule has 5 nitrogen and oxygen atoms in total. The van der Waals surface area contributed by atoms with Crippen molar-refractivity contribution >= 4 is 61.4 Å². The fourth-order valence-corrected chi connectivity index (χ4v) is 4.36. The second-order valence-corrected chi connectivity index (χ2v) is 8.74. The molecular formula is C18H17BrN4OS2. The average molecular weight is 449 g/mol. The Morgan fingerprint density at radius 1 is 1.15 bits per heavy atom. The number of nitrogens with one attached hydrogen (secondary N) is 2. The van der Waals surface area contributed by atoms with Crippen molar-refractivity contribution in [3.05, 3.63) is 58.1 Å². The van der Waals surface area contributed by atoms with Crippen molar-refractivity contribution < 1.29 is 4.79 Å². The van der Waals surface area contributed by atoms with Crippen molar-refractivity contribution in [3.8, 4) is 0 Å². The highest BCUT2D eigenvalue weighted by atomic mass is 79.9. The molecule has 8 heteroatoms. The summed E-state index contributed by atoms with van der Waals surface area (Å²) in [4.78, 5) is 12.1. The Hall–Kier alpha value is -1.90. The number of rotatable bonds is 6. The summed E-state index contributed by atoms with van der Waals surface area (Å²) in [5, 5.41) is 15.1. The van der Waals surface area contributed by atoms with E-state index in [1.807, 2.05) is 56.3 Å². The number of hydrogen-bond donors (Lipinski definition) is 2. The number of amides is 1. The first-order valence-electron chi connectivity index (χ1n) is 7.85. The summed E-state index contributed by atoms with van der Waals surface area (Å²) >= 11 is 6.26. The first kappa shape index (κ1) is 18.9. The Kier molecular flexibility index (Phi) is 6.29. The molecule has 1 amide bonds. The van der Waals surface area contributed by atoms with Gasteiger partial charge in [0.15, 0.2) is 4.34 Å². The van der Waals surface area contributed by atoms with Gasteiger partial charge in [-0.3, -0.25) is 4.79 Å². The fraction of sp³-hybridized carbons (Fsp3) is 0.167. The highest BCUT2D eigenvalue weighted by Gasteiger charge is 2.10. The van der Waals surface area contributed by atoms with Crippen molar-refractivity contribution in [1.29, 1.82) is 0 Å². The van der Waals surface area contributed by atoms with E-state index >= 15 is 0 Å². The predicted octanol–water partition coefficient (Wildman–Crippen LogP) is 5.39. The number of nitrogens with zero attached hydrogens (tertiary/aromatic N) is 2. The van der Waals surface area contributed by atoms with Crippen molar-refractivity contribution in [1.82, 2.24) is 10.2 Å². The van der Waals surface area contributed by atoms with E-state index in [0.717, 1.165) is 25.8 Å². The van der Waals surface area contributed by atoms with Gasteiger partial charge in [0.25, 0.3) is 0 Å². The highest BCUT2D eigenvalue weighted by molar-refractivity contribution is 9.10. The van der Waals surface area contributed by atoms with Gasteiger partial charge in [-0.05, 0) is 65.2 Å². The monoisotopic (exact) mass is 448 g/mol. The van der Waals surface area contributed by atoms with Gasteiger partial charge in [-0.25, -0.2) is 0 Å². The van der Waals surface area contributed by atoms with Crippen LogP contribution in [0.1, 0.15) is 11.1 Å². The number of carbonyl (C=O) groups excluding carboxylic acids is 1. The zero-order chi connectivity index (χ0) is 18.5. The minimum absolute atomic E-state index is 0.0806. The molecule has 0 radical (unpaired) electrons. The van der Waals surface area contributed by atoms with E-state index in [2.05, 4.69) is 36.8 Å². The Labute approximate surface area is 168 Å². The Bertz CT molecular complexity index is 929. The smallest absolute Gasteiger partial charge is 0.234 e. The molecule has 1 heterocycles. The molecule has 2 aromatic carbocycles. The molecule has 0 saturated carbocycles. The molecule has 0 aliphatic rings. The van der Waals surface area contributed by atoms with Gasteiger partial charge in [0, 0.05) is 10.2 Å². The Balaban J connectivity index is 1.53. The molecule has 3 aromatic rings. The van der Waals surface area contributed by atoms with Crippen molar-refractivity contribution in [2.45, 2.75) is 18.2 Å². The third-order valence-electron chi connectivity index (χ3n) is 3.40. The molecule has 0 spiro atoms. The molecule has 0 atom stereocenters. The number of benzene rings is 2. The molecule has 134 valence electrons. The summed E-state index contributed by atoms with van der Waals surface area (Å²) in [6.07, 6.45) is 0. The minimum Gasteiger partial charge on any atom is -0.330 e. The molecule has 3 rings (SSSR count). The molecule has 1 aromatic heterocycles. The summed E-state index contributed by atoms with van der Waals surface area (Å²) < 4.78 is 1.62. The van der Waals surface area contributed by atoms with E-state index in [0.29, 0.717) is 5.13 Å². The lowest BCUT2D eigenvalue weighted by atomic mass is 10.2. The van der Waals surface area contributed by atoms with Crippen molar-refractivity contribution in [2.75, 3.05) is 16.4 Å². The molecule has 26 heavy (non-hydrogen) atoms. The topological polar surface area (TPSA) is 66.9 Å². The summed E-state index contributed by atoms with van der Waals surface area (Å²) in [5.74, 6) is 0.197. The van der Waals surface area contributed by atoms with Crippen LogP contribution < -0.4 is 10.6 Å². The van der Waals surface area contributed by atoms with Gasteiger partial charge in [-0.2, -0.15) is 0 Å². The van der Waals surface area contributed by atoms with Gasteiger partial charge in [-0.1, -0.05) is 41.3 Å². The van der Waals surface area contributed by atoms with Crippen molar-refractivity contribution in [3.63, 3.8) is 0 Å². The lowest BCUT2D eigenvalue weighted by Crippen LogP contribution is -2.14. The molecular weight excluding hydrogens is 432 g/mol. The normalized spacial score (nSPS) is 10.6. The average Bonchev–Trinajstić information content (AvgIpc) is 3.03. The number of halogens is 1. The van der Waals surface area contributed by atoms with E-state index in [-0.39, 0.29) is 11.7 Å². The summed E-state index contributed by atoms with van der Waals surface area (Å²) in [5.41, 5.74) is 4.04. The number of anilines is 3. The third kappa shape index (κ3) is 5.30. The molecule has 2 N–H and O–H groups in total. The molecule has 0 bridgehead atoms. The lowest BCUT2D eigenvalue weighted by Gasteiger charge is -2.07. The minimum atomic E-state index is -0.0806. The van der Waals surface area contributed by atoms with E-state index in [9.17, 15) is 4.79 Å². The third-order valence-corrected chi connectivity index (χ3v) is 6.03. The second-order valence-electron chi connectivity index (χ2n) is 5.69. The maximum atomic E-state index is 12.1. The van der Waals surface area contributed by atoms with Crippen molar-refractivity contribution in [2.24, 2.45) is 0 Å². The van der Waals surface area contributed by atoms with E-state index in [1.54, 1.807) is 0 Å². The summed E-state index contributed by atoms with van der Waals surface area (Å²) in [6.45, 7) is 4.04. The largest absolute Gasteiger partial charge is 0.330 e. The van der Waals surface area contributed by atoms with Crippen LogP contribution in [0, 0.1) is 13.8 Å². The van der Waals surface area contributed by atoms with Crippen LogP contribution in [0.5, 0.6) is 0 Å². The number of thioether (sulfide) groups is 1. The maximum absolute atomic E-state index is 12.1. The van der Waals surface area contributed by atoms with Gasteiger partial charge in [-0.15, -0.1) is 10.2 Å². The van der Waals surface area contributed by atoms with E-state index in [1.165, 1.54) is 28.7 Å². The second kappa shape index (κ2) is 8.66. The zero-order valence-electron chi connectivity index (χ0n) is 14.2. The molecule has 0 unspecified atom stereocenters. The summed E-state index contributed by atoms with van der Waals surface area (Å²) in [6, 6.07) is 13.9. The van der Waals surface area contributed by atoms with Crippen LogP contribution in [-0.2, 0) is 4.79 Å². The molecule has 0 saturated heterocycles. The van der Waals surface area contributed by atoms with Gasteiger partial charge in [0.05, 0.1) is 11.4 Å². The van der Waals surface area contributed by atoms with E-state index < -0.39 is 0 Å². The standard InChI is InChI=1S/C18H17BrN4OS2/c1-11-4-3-5-13(8-11)20-17-22-23-18(26-17)25-10-16(24)21-15-7-6-12(2)9-14(15)19/h3-9H,10H2,1-2H3,(H,20,22)(H,21,24). The zero-order valence-corrected chi connectivity index (χ0v) is 17.5. The predicted molar refractivity (Wildman–Crippen MR) is 113 cm³/mol. The van der Waals surface area contributed by atoms with Gasteiger partial charge in [0.2, 0.25) is 11.0 Å². The molecule has 0 aliphatic carbocycles. The first-order chi connectivity index (χ1) is 12.5. The number of aryl methyl sites for hydroxylation is 2. The first-order valence-corrected chi connectivity index (χ1v) is 10.4. The van der Waals surface area contributed by atoms with Gasteiger partial charge < -0.3 is 10.6 Å². The van der Waals surface area contributed by atoms with Crippen LogP contribution in [0.2, 0.25) is 0 Å². The quantitative estimate of drug-likeness (QED) is 0.494. The van der Waals surface area contributed by atoms with E-state index in [4.69, 9.17) is 0 Å². The van der Waals surface area contributed by atoms with Crippen LogP contribution >= 0.6 is 39.0 Å². The fourth-order valence-electron chi connectivity index (χ4n) is 2.20. The lowest BCUT2D eigenvalue weighted by molar-refractivity contribution is -0.113. The van der Waals surface area contributed by atoms with Crippen LogP contribution in [0.25, 0.3) is 0 Å².